The Balaban J connectivity index is 1.21. The zero-order chi connectivity index (χ0) is 33.0. The SMILES string of the molecule is [2H]C([2H])([2H])C([2H])([2H])c1nc2ccccc2n1-c1ccc(-c2ccc(-c3c4ccccc4c(-c4ccccc4)c4ccccc34)cc2)cc1. The maximum Gasteiger partial charge on any atom is 0.114 e. The molecule has 0 saturated heterocycles. The van der Waals surface area contributed by atoms with E-state index in [0.29, 0.717) is 16.7 Å². The molecule has 2 nitrogen and oxygen atoms in total. The van der Waals surface area contributed by atoms with Crippen molar-refractivity contribution in [2.24, 2.45) is 0 Å². The summed E-state index contributed by atoms with van der Waals surface area (Å²) >= 11 is 0. The summed E-state index contributed by atoms with van der Waals surface area (Å²) in [5, 5.41) is 4.83. The van der Waals surface area contributed by atoms with Gasteiger partial charge in [-0.3, -0.25) is 4.57 Å². The lowest BCUT2D eigenvalue weighted by atomic mass is 9.86. The maximum absolute atomic E-state index is 8.49. The van der Waals surface area contributed by atoms with Gasteiger partial charge in [-0.05, 0) is 79.2 Å². The van der Waals surface area contributed by atoms with Gasteiger partial charge in [0.05, 0.1) is 11.0 Å². The third-order valence-corrected chi connectivity index (χ3v) is 8.30. The number of aromatic nitrogens is 2. The standard InChI is InChI=1S/C41H30N2/c1-2-39-42-37-18-10-11-19-38(37)43(39)32-26-24-29(25-27-32)28-20-22-31(23-21-28)41-35-16-8-6-14-33(35)40(30-12-4-3-5-13-30)34-15-7-9-17-36(34)41/h3-27H,2H2,1H3/i1D3,2D2. The topological polar surface area (TPSA) is 17.8 Å². The second-order valence-corrected chi connectivity index (χ2v) is 10.7. The van der Waals surface area contributed by atoms with Gasteiger partial charge in [-0.2, -0.15) is 0 Å². The minimum Gasteiger partial charge on any atom is -0.296 e. The third kappa shape index (κ3) is 4.23. The van der Waals surface area contributed by atoms with Crippen LogP contribution in [0.2, 0.25) is 0 Å². The van der Waals surface area contributed by atoms with Crippen LogP contribution in [0.3, 0.4) is 0 Å². The van der Waals surface area contributed by atoms with Crippen LogP contribution in [0, 0.1) is 0 Å². The Morgan fingerprint density at radius 1 is 0.512 bits per heavy atom. The van der Waals surface area contributed by atoms with Gasteiger partial charge in [0.2, 0.25) is 0 Å². The molecule has 0 aliphatic carbocycles. The van der Waals surface area contributed by atoms with Gasteiger partial charge in [-0.15, -0.1) is 0 Å². The Morgan fingerprint density at radius 2 is 0.977 bits per heavy atom. The van der Waals surface area contributed by atoms with Crippen LogP contribution in [0.15, 0.2) is 152 Å². The number of nitrogens with zero attached hydrogens (tertiary/aromatic N) is 2. The molecule has 8 aromatic rings. The summed E-state index contributed by atoms with van der Waals surface area (Å²) in [6.45, 7) is -2.88. The van der Waals surface area contributed by atoms with Crippen LogP contribution in [-0.4, -0.2) is 9.55 Å². The van der Waals surface area contributed by atoms with E-state index < -0.39 is 13.2 Å². The third-order valence-electron chi connectivity index (χ3n) is 8.30. The van der Waals surface area contributed by atoms with Crippen molar-refractivity contribution in [2.45, 2.75) is 13.2 Å². The Kier molecular flexibility index (Phi) is 4.95. The molecule has 0 saturated carbocycles. The van der Waals surface area contributed by atoms with Gasteiger partial charge in [0, 0.05) is 18.9 Å². The van der Waals surface area contributed by atoms with Crippen molar-refractivity contribution in [3.8, 4) is 39.1 Å². The molecule has 0 fully saturated rings. The van der Waals surface area contributed by atoms with Crippen molar-refractivity contribution >= 4 is 32.6 Å². The lowest BCUT2D eigenvalue weighted by Gasteiger charge is -2.18. The summed E-state index contributed by atoms with van der Waals surface area (Å²) < 4.78 is 42.2. The van der Waals surface area contributed by atoms with Crippen LogP contribution >= 0.6 is 0 Å². The average Bonchev–Trinajstić information content (AvgIpc) is 3.51. The molecular weight excluding hydrogens is 520 g/mol. The molecule has 0 bridgehead atoms. The number of hydrogen-bond donors (Lipinski definition) is 0. The van der Waals surface area contributed by atoms with Gasteiger partial charge in [-0.1, -0.05) is 134 Å². The molecule has 7 aromatic carbocycles. The van der Waals surface area contributed by atoms with E-state index in [9.17, 15) is 0 Å². The Hall–Kier alpha value is -5.47. The predicted octanol–water partition coefficient (Wildman–Crippen LogP) is 10.9. The average molecular weight is 556 g/mol. The van der Waals surface area contributed by atoms with Gasteiger partial charge in [0.15, 0.2) is 0 Å². The molecular formula is C41H30N2. The number of rotatable bonds is 5. The number of aryl methyl sites for hydroxylation is 1. The second-order valence-electron chi connectivity index (χ2n) is 10.7. The lowest BCUT2D eigenvalue weighted by Crippen LogP contribution is -1.99. The molecule has 0 spiro atoms. The van der Waals surface area contributed by atoms with Crippen molar-refractivity contribution in [1.82, 2.24) is 9.55 Å². The minimum absolute atomic E-state index is 0.140. The molecule has 8 rings (SSSR count). The first-order valence-corrected chi connectivity index (χ1v) is 14.4. The molecule has 0 amide bonds. The van der Waals surface area contributed by atoms with E-state index in [1.165, 1.54) is 38.2 Å². The number of benzene rings is 7. The summed E-state index contributed by atoms with van der Waals surface area (Å²) in [5.41, 5.74) is 8.62. The molecule has 1 heterocycles. The van der Waals surface area contributed by atoms with E-state index in [0.717, 1.165) is 16.7 Å². The molecule has 43 heavy (non-hydrogen) atoms. The first-order chi connectivity index (χ1) is 23.2. The quantitative estimate of drug-likeness (QED) is 0.193. The van der Waals surface area contributed by atoms with E-state index in [1.54, 1.807) is 10.6 Å². The van der Waals surface area contributed by atoms with Crippen LogP contribution in [0.25, 0.3) is 71.6 Å². The minimum atomic E-state index is -2.88. The highest BCUT2D eigenvalue weighted by Crippen LogP contribution is 2.43. The fourth-order valence-corrected chi connectivity index (χ4v) is 6.36. The summed E-state index contributed by atoms with van der Waals surface area (Å²) in [7, 11) is 0. The van der Waals surface area contributed by atoms with Crippen LogP contribution in [0.4, 0.5) is 0 Å². The smallest absolute Gasteiger partial charge is 0.114 e. The van der Waals surface area contributed by atoms with Gasteiger partial charge < -0.3 is 0 Å². The summed E-state index contributed by atoms with van der Waals surface area (Å²) in [4.78, 5) is 4.44. The van der Waals surface area contributed by atoms with E-state index in [4.69, 9.17) is 6.85 Å². The van der Waals surface area contributed by atoms with Crippen LogP contribution in [0.1, 0.15) is 19.5 Å². The molecule has 0 unspecified atom stereocenters. The first kappa shape index (κ1) is 20.4. The molecule has 0 N–H and O–H groups in total. The fraction of sp³-hybridized carbons (Fsp3) is 0.0488. The fourth-order valence-electron chi connectivity index (χ4n) is 6.36. The van der Waals surface area contributed by atoms with Crippen molar-refractivity contribution in [3.05, 3.63) is 157 Å². The van der Waals surface area contributed by atoms with Crippen molar-refractivity contribution in [3.63, 3.8) is 0 Å². The highest BCUT2D eigenvalue weighted by atomic mass is 15.1. The van der Waals surface area contributed by atoms with Crippen LogP contribution < -0.4 is 0 Å². The second kappa shape index (κ2) is 10.4. The van der Waals surface area contributed by atoms with E-state index in [1.807, 2.05) is 48.5 Å². The number of hydrogen-bond acceptors (Lipinski definition) is 1. The highest BCUT2D eigenvalue weighted by Gasteiger charge is 2.16. The Bertz CT molecular complexity index is 2390. The summed E-state index contributed by atoms with van der Waals surface area (Å²) in [6, 6.07) is 51.4. The van der Waals surface area contributed by atoms with E-state index in [-0.39, 0.29) is 5.82 Å². The van der Waals surface area contributed by atoms with E-state index in [2.05, 4.69) is 102 Å². The molecule has 1 aromatic heterocycles. The van der Waals surface area contributed by atoms with Gasteiger partial charge in [0.25, 0.3) is 0 Å². The van der Waals surface area contributed by atoms with E-state index >= 15 is 0 Å². The number of imidazole rings is 1. The first-order valence-electron chi connectivity index (χ1n) is 16.9. The monoisotopic (exact) mass is 555 g/mol. The Labute approximate surface area is 258 Å². The van der Waals surface area contributed by atoms with Crippen LogP contribution in [-0.2, 0) is 6.37 Å². The van der Waals surface area contributed by atoms with Crippen molar-refractivity contribution in [1.29, 1.82) is 0 Å². The largest absolute Gasteiger partial charge is 0.296 e. The van der Waals surface area contributed by atoms with Gasteiger partial charge in [0.1, 0.15) is 5.82 Å². The van der Waals surface area contributed by atoms with Crippen molar-refractivity contribution < 1.29 is 6.85 Å². The normalized spacial score (nSPS) is 13.8. The molecule has 0 atom stereocenters. The lowest BCUT2D eigenvalue weighted by molar-refractivity contribution is 0.908. The van der Waals surface area contributed by atoms with Crippen molar-refractivity contribution in [2.75, 3.05) is 0 Å². The zero-order valence-electron chi connectivity index (χ0n) is 28.3. The molecule has 204 valence electrons. The molecule has 0 aliphatic rings. The summed E-state index contributed by atoms with van der Waals surface area (Å²) in [5.74, 6) is -0.140. The molecule has 2 heteroatoms. The molecule has 0 aliphatic heterocycles. The number of fused-ring (bicyclic) bond motifs is 3. The zero-order valence-corrected chi connectivity index (χ0v) is 23.3. The highest BCUT2D eigenvalue weighted by molar-refractivity contribution is 6.21. The summed E-state index contributed by atoms with van der Waals surface area (Å²) in [6.07, 6.45) is -2.64. The van der Waals surface area contributed by atoms with Gasteiger partial charge in [-0.25, -0.2) is 4.98 Å². The molecule has 0 radical (unpaired) electrons. The maximum atomic E-state index is 8.49. The van der Waals surface area contributed by atoms with Gasteiger partial charge >= 0.3 is 0 Å². The van der Waals surface area contributed by atoms with Crippen LogP contribution in [0.5, 0.6) is 0 Å². The Morgan fingerprint density at radius 3 is 1.56 bits per heavy atom. The predicted molar refractivity (Wildman–Crippen MR) is 182 cm³/mol. The number of para-hydroxylation sites is 2.